The Hall–Kier alpha value is -2.36. The van der Waals surface area contributed by atoms with Crippen molar-refractivity contribution >= 4 is 5.91 Å². The molecule has 0 radical (unpaired) electrons. The number of nitrogens with one attached hydrogen (secondary N) is 3. The summed E-state index contributed by atoms with van der Waals surface area (Å²) in [5.41, 5.74) is 4.04. The van der Waals surface area contributed by atoms with Crippen molar-refractivity contribution in [2.75, 3.05) is 39.3 Å². The van der Waals surface area contributed by atoms with Crippen molar-refractivity contribution in [1.82, 2.24) is 20.9 Å². The molecule has 28 heavy (non-hydrogen) atoms. The van der Waals surface area contributed by atoms with Crippen molar-refractivity contribution in [1.29, 1.82) is 5.26 Å². The zero-order valence-corrected chi connectivity index (χ0v) is 16.8. The van der Waals surface area contributed by atoms with Gasteiger partial charge in [0.05, 0.1) is 6.04 Å². The number of hydrogen-bond donors (Lipinski definition) is 3. The molecule has 150 valence electrons. The monoisotopic (exact) mass is 381 g/mol. The quantitative estimate of drug-likeness (QED) is 0.380. The van der Waals surface area contributed by atoms with E-state index < -0.39 is 0 Å². The van der Waals surface area contributed by atoms with Crippen LogP contribution in [0.2, 0.25) is 0 Å². The van der Waals surface area contributed by atoms with Gasteiger partial charge in [0, 0.05) is 45.5 Å². The van der Waals surface area contributed by atoms with Gasteiger partial charge in [-0.15, -0.1) is 0 Å². The number of rotatable bonds is 7. The van der Waals surface area contributed by atoms with Gasteiger partial charge in [-0.25, -0.2) is 0 Å². The molecule has 1 aromatic carbocycles. The summed E-state index contributed by atoms with van der Waals surface area (Å²) in [4.78, 5) is 14.8. The molecule has 1 aliphatic heterocycles. The van der Waals surface area contributed by atoms with Crippen LogP contribution in [0.15, 0.2) is 30.0 Å². The number of hydrogen-bond acceptors (Lipinski definition) is 5. The molecule has 2 aliphatic rings. The third kappa shape index (κ3) is 5.57. The SMILES string of the molecule is CC(NC(=O)/C(C#N)=C\NCCN1CCNCC1)c1ccc2c(c1)CCCC2. The highest BCUT2D eigenvalue weighted by Gasteiger charge is 2.16. The molecular weight excluding hydrogens is 350 g/mol. The number of carbonyl (C=O) groups is 1. The van der Waals surface area contributed by atoms with Gasteiger partial charge in [0.1, 0.15) is 11.6 Å². The first-order valence-corrected chi connectivity index (χ1v) is 10.4. The highest BCUT2D eigenvalue weighted by molar-refractivity contribution is 5.97. The number of nitrogens with zero attached hydrogens (tertiary/aromatic N) is 2. The molecule has 0 saturated carbocycles. The van der Waals surface area contributed by atoms with Gasteiger partial charge >= 0.3 is 0 Å². The minimum absolute atomic E-state index is 0.116. The molecular formula is C22H31N5O. The first kappa shape index (κ1) is 20.4. The average molecular weight is 382 g/mol. The summed E-state index contributed by atoms with van der Waals surface area (Å²) >= 11 is 0. The Morgan fingerprint density at radius 1 is 1.29 bits per heavy atom. The Balaban J connectivity index is 1.50. The molecule has 1 saturated heterocycles. The average Bonchev–Trinajstić information content (AvgIpc) is 2.74. The normalized spacial score (nSPS) is 18.6. The van der Waals surface area contributed by atoms with Gasteiger partial charge in [0.2, 0.25) is 0 Å². The van der Waals surface area contributed by atoms with Crippen LogP contribution < -0.4 is 16.0 Å². The zero-order chi connectivity index (χ0) is 19.8. The highest BCUT2D eigenvalue weighted by Crippen LogP contribution is 2.24. The summed E-state index contributed by atoms with van der Waals surface area (Å²) in [5.74, 6) is -0.331. The van der Waals surface area contributed by atoms with E-state index in [1.165, 1.54) is 30.2 Å². The van der Waals surface area contributed by atoms with Crippen LogP contribution in [-0.2, 0) is 17.6 Å². The van der Waals surface area contributed by atoms with Crippen LogP contribution in [0.3, 0.4) is 0 Å². The van der Waals surface area contributed by atoms with Crippen molar-refractivity contribution in [3.63, 3.8) is 0 Å². The number of piperazine rings is 1. The van der Waals surface area contributed by atoms with E-state index in [0.29, 0.717) is 0 Å². The van der Waals surface area contributed by atoms with Crippen molar-refractivity contribution in [2.24, 2.45) is 0 Å². The maximum atomic E-state index is 12.5. The van der Waals surface area contributed by atoms with Gasteiger partial charge in [0.25, 0.3) is 5.91 Å². The van der Waals surface area contributed by atoms with E-state index in [1.54, 1.807) is 0 Å². The Morgan fingerprint density at radius 2 is 2.04 bits per heavy atom. The molecule has 1 heterocycles. The van der Waals surface area contributed by atoms with E-state index in [2.05, 4.69) is 39.0 Å². The molecule has 0 spiro atoms. The third-order valence-electron chi connectivity index (χ3n) is 5.61. The second kappa shape index (κ2) is 10.3. The molecule has 6 heteroatoms. The number of aryl methyl sites for hydroxylation is 2. The lowest BCUT2D eigenvalue weighted by Crippen LogP contribution is -2.45. The summed E-state index contributed by atoms with van der Waals surface area (Å²) in [6.07, 6.45) is 6.30. The number of benzene rings is 1. The van der Waals surface area contributed by atoms with Crippen LogP contribution in [0.5, 0.6) is 0 Å². The van der Waals surface area contributed by atoms with Crippen molar-refractivity contribution in [2.45, 2.75) is 38.6 Å². The molecule has 0 aromatic heterocycles. The maximum absolute atomic E-state index is 12.5. The molecule has 3 rings (SSSR count). The minimum atomic E-state index is -0.331. The van der Waals surface area contributed by atoms with Crippen LogP contribution in [0.1, 0.15) is 42.5 Å². The fourth-order valence-electron chi connectivity index (χ4n) is 3.86. The van der Waals surface area contributed by atoms with Gasteiger partial charge in [-0.2, -0.15) is 5.26 Å². The van der Waals surface area contributed by atoms with E-state index in [1.807, 2.05) is 13.0 Å². The maximum Gasteiger partial charge on any atom is 0.263 e. The van der Waals surface area contributed by atoms with Crippen molar-refractivity contribution in [3.05, 3.63) is 46.7 Å². The number of carbonyl (C=O) groups excluding carboxylic acids is 1. The zero-order valence-electron chi connectivity index (χ0n) is 16.8. The number of amides is 1. The van der Waals surface area contributed by atoms with Crippen molar-refractivity contribution in [3.8, 4) is 6.07 Å². The summed E-state index contributed by atoms with van der Waals surface area (Å²) in [6, 6.07) is 8.37. The Labute approximate surface area is 168 Å². The van der Waals surface area contributed by atoms with Gasteiger partial charge in [-0.05, 0) is 49.3 Å². The Morgan fingerprint density at radius 3 is 2.79 bits per heavy atom. The first-order valence-electron chi connectivity index (χ1n) is 10.4. The molecule has 1 aromatic rings. The summed E-state index contributed by atoms with van der Waals surface area (Å²) in [7, 11) is 0. The standard InChI is InChI=1S/C22H31N5O/c1-17(19-7-6-18-4-2-3-5-20(18)14-19)26-22(28)21(15-23)16-25-10-13-27-11-8-24-9-12-27/h6-7,14,16-17,24-25H,2-5,8-13H2,1H3,(H,26,28)/b21-16-. The van der Waals surface area contributed by atoms with Crippen LogP contribution in [0, 0.1) is 11.3 Å². The predicted octanol–water partition coefficient (Wildman–Crippen LogP) is 1.64. The topological polar surface area (TPSA) is 80.2 Å². The lowest BCUT2D eigenvalue weighted by atomic mass is 9.89. The summed E-state index contributed by atoms with van der Waals surface area (Å²) < 4.78 is 0. The molecule has 1 unspecified atom stereocenters. The molecule has 1 atom stereocenters. The van der Waals surface area contributed by atoms with Gasteiger partial charge in [-0.1, -0.05) is 18.2 Å². The lowest BCUT2D eigenvalue weighted by Gasteiger charge is -2.26. The first-order chi connectivity index (χ1) is 13.7. The second-order valence-corrected chi connectivity index (χ2v) is 7.65. The van der Waals surface area contributed by atoms with E-state index in [9.17, 15) is 10.1 Å². The van der Waals surface area contributed by atoms with E-state index in [-0.39, 0.29) is 17.5 Å². The minimum Gasteiger partial charge on any atom is -0.388 e. The van der Waals surface area contributed by atoms with Crippen LogP contribution in [0.25, 0.3) is 0 Å². The van der Waals surface area contributed by atoms with E-state index in [0.717, 1.165) is 57.7 Å². The lowest BCUT2D eigenvalue weighted by molar-refractivity contribution is -0.117. The smallest absolute Gasteiger partial charge is 0.263 e. The van der Waals surface area contributed by atoms with E-state index >= 15 is 0 Å². The van der Waals surface area contributed by atoms with Gasteiger partial charge < -0.3 is 16.0 Å². The Bertz CT molecular complexity index is 746. The van der Waals surface area contributed by atoms with Gasteiger partial charge in [0.15, 0.2) is 0 Å². The summed E-state index contributed by atoms with van der Waals surface area (Å²) in [6.45, 7) is 7.70. The fourth-order valence-corrected chi connectivity index (χ4v) is 3.86. The molecule has 6 nitrogen and oxygen atoms in total. The summed E-state index contributed by atoms with van der Waals surface area (Å²) in [5, 5.41) is 18.7. The molecule has 1 amide bonds. The van der Waals surface area contributed by atoms with Gasteiger partial charge in [-0.3, -0.25) is 9.69 Å². The van der Waals surface area contributed by atoms with Crippen molar-refractivity contribution < 1.29 is 4.79 Å². The number of nitriles is 1. The molecule has 1 aliphatic carbocycles. The number of fused-ring (bicyclic) bond motifs is 1. The Kier molecular flexibility index (Phi) is 7.46. The van der Waals surface area contributed by atoms with Crippen LogP contribution >= 0.6 is 0 Å². The van der Waals surface area contributed by atoms with E-state index in [4.69, 9.17) is 0 Å². The molecule has 3 N–H and O–H groups in total. The molecule has 0 bridgehead atoms. The third-order valence-corrected chi connectivity index (χ3v) is 5.61. The second-order valence-electron chi connectivity index (χ2n) is 7.65. The fraction of sp³-hybridized carbons (Fsp3) is 0.545. The van der Waals surface area contributed by atoms with Crippen LogP contribution in [0.4, 0.5) is 0 Å². The van der Waals surface area contributed by atoms with Crippen LogP contribution in [-0.4, -0.2) is 50.1 Å². The highest BCUT2D eigenvalue weighted by atomic mass is 16.1. The molecule has 1 fully saturated rings. The largest absolute Gasteiger partial charge is 0.388 e. The predicted molar refractivity (Wildman–Crippen MR) is 111 cm³/mol.